The first-order valence-corrected chi connectivity index (χ1v) is 9.69. The SMILES string of the molecule is CC[C@@H]1CN(C(=O)OC(C)(C)C)CCN1c1ccc(Br)c(F)c1C(=O)OC. The molecular weight excluding hydrogens is 419 g/mol. The summed E-state index contributed by atoms with van der Waals surface area (Å²) in [5, 5.41) is 0. The first kappa shape index (κ1) is 21.5. The van der Waals surface area contributed by atoms with E-state index in [2.05, 4.69) is 15.9 Å². The molecule has 1 atom stereocenters. The molecule has 2 rings (SSSR count). The Morgan fingerprint density at radius 2 is 1.96 bits per heavy atom. The van der Waals surface area contributed by atoms with Gasteiger partial charge in [-0.05, 0) is 55.3 Å². The number of benzene rings is 1. The molecule has 0 bridgehead atoms. The minimum absolute atomic E-state index is 0.0738. The Hall–Kier alpha value is -1.83. The molecule has 1 aromatic rings. The number of anilines is 1. The van der Waals surface area contributed by atoms with E-state index >= 15 is 0 Å². The number of ether oxygens (including phenoxy) is 2. The van der Waals surface area contributed by atoms with Crippen molar-refractivity contribution in [2.45, 2.75) is 45.8 Å². The van der Waals surface area contributed by atoms with Crippen LogP contribution in [0.4, 0.5) is 14.9 Å². The fourth-order valence-electron chi connectivity index (χ4n) is 3.09. The van der Waals surface area contributed by atoms with Gasteiger partial charge in [0.15, 0.2) is 5.82 Å². The van der Waals surface area contributed by atoms with E-state index in [-0.39, 0.29) is 22.2 Å². The van der Waals surface area contributed by atoms with Crippen LogP contribution in [0.2, 0.25) is 0 Å². The van der Waals surface area contributed by atoms with Crippen molar-refractivity contribution in [3.63, 3.8) is 0 Å². The summed E-state index contributed by atoms with van der Waals surface area (Å²) in [7, 11) is 1.23. The fourth-order valence-corrected chi connectivity index (χ4v) is 3.42. The number of carbonyl (C=O) groups is 2. The zero-order valence-electron chi connectivity index (χ0n) is 16.3. The predicted octanol–water partition coefficient (Wildman–Crippen LogP) is 4.21. The molecule has 6 nitrogen and oxygen atoms in total. The molecule has 1 amide bonds. The number of carbonyl (C=O) groups excluding carboxylic acids is 2. The van der Waals surface area contributed by atoms with E-state index in [1.165, 1.54) is 7.11 Å². The zero-order chi connectivity index (χ0) is 20.4. The monoisotopic (exact) mass is 444 g/mol. The summed E-state index contributed by atoms with van der Waals surface area (Å²) in [6.07, 6.45) is 0.355. The summed E-state index contributed by atoms with van der Waals surface area (Å²) in [6.45, 7) is 8.78. The van der Waals surface area contributed by atoms with Crippen LogP contribution in [0.1, 0.15) is 44.5 Å². The van der Waals surface area contributed by atoms with Crippen LogP contribution in [0.3, 0.4) is 0 Å². The second-order valence-corrected chi connectivity index (χ2v) is 8.28. The van der Waals surface area contributed by atoms with Crippen LogP contribution < -0.4 is 4.90 Å². The number of rotatable bonds is 3. The fraction of sp³-hybridized carbons (Fsp3) is 0.579. The summed E-state index contributed by atoms with van der Waals surface area (Å²) in [5.74, 6) is -1.38. The summed E-state index contributed by atoms with van der Waals surface area (Å²) < 4.78 is 25.0. The predicted molar refractivity (Wildman–Crippen MR) is 105 cm³/mol. The molecule has 1 fully saturated rings. The Morgan fingerprint density at radius 3 is 2.52 bits per heavy atom. The highest BCUT2D eigenvalue weighted by Crippen LogP contribution is 2.32. The highest BCUT2D eigenvalue weighted by molar-refractivity contribution is 9.10. The van der Waals surface area contributed by atoms with Crippen LogP contribution in [-0.4, -0.2) is 55.3 Å². The van der Waals surface area contributed by atoms with Crippen molar-refractivity contribution < 1.29 is 23.5 Å². The zero-order valence-corrected chi connectivity index (χ0v) is 17.9. The van der Waals surface area contributed by atoms with Gasteiger partial charge in [-0.2, -0.15) is 0 Å². The number of piperazine rings is 1. The molecule has 0 N–H and O–H groups in total. The van der Waals surface area contributed by atoms with Gasteiger partial charge in [-0.3, -0.25) is 0 Å². The second-order valence-electron chi connectivity index (χ2n) is 7.43. The Bertz CT molecular complexity index is 720. The van der Waals surface area contributed by atoms with E-state index < -0.39 is 17.4 Å². The van der Waals surface area contributed by atoms with Gasteiger partial charge in [-0.15, -0.1) is 0 Å². The quantitative estimate of drug-likeness (QED) is 0.653. The van der Waals surface area contributed by atoms with Crippen LogP contribution >= 0.6 is 15.9 Å². The number of hydrogen-bond acceptors (Lipinski definition) is 5. The van der Waals surface area contributed by atoms with Gasteiger partial charge in [0.2, 0.25) is 0 Å². The maximum absolute atomic E-state index is 14.6. The Morgan fingerprint density at radius 1 is 1.30 bits per heavy atom. The van der Waals surface area contributed by atoms with Crippen molar-refractivity contribution in [3.8, 4) is 0 Å². The van der Waals surface area contributed by atoms with Crippen molar-refractivity contribution in [2.24, 2.45) is 0 Å². The van der Waals surface area contributed by atoms with Crippen LogP contribution in [0.15, 0.2) is 16.6 Å². The van der Waals surface area contributed by atoms with Crippen LogP contribution in [0.25, 0.3) is 0 Å². The molecule has 0 aromatic heterocycles. The van der Waals surface area contributed by atoms with Gasteiger partial charge in [0.25, 0.3) is 0 Å². The first-order valence-electron chi connectivity index (χ1n) is 8.90. The number of amides is 1. The smallest absolute Gasteiger partial charge is 0.410 e. The van der Waals surface area contributed by atoms with Crippen molar-refractivity contribution >= 4 is 33.7 Å². The van der Waals surface area contributed by atoms with Gasteiger partial charge < -0.3 is 19.3 Å². The average Bonchev–Trinajstić information content (AvgIpc) is 2.61. The summed E-state index contributed by atoms with van der Waals surface area (Å²) in [5.41, 5.74) is -0.197. The topological polar surface area (TPSA) is 59.1 Å². The molecule has 0 spiro atoms. The molecule has 1 aliphatic heterocycles. The summed E-state index contributed by atoms with van der Waals surface area (Å²) in [4.78, 5) is 28.2. The molecule has 1 aromatic carbocycles. The van der Waals surface area contributed by atoms with Crippen molar-refractivity contribution in [2.75, 3.05) is 31.6 Å². The van der Waals surface area contributed by atoms with Crippen molar-refractivity contribution in [3.05, 3.63) is 28.0 Å². The normalized spacial score (nSPS) is 17.7. The Labute approximate surface area is 167 Å². The van der Waals surface area contributed by atoms with E-state index in [0.29, 0.717) is 25.3 Å². The third kappa shape index (κ3) is 4.91. The van der Waals surface area contributed by atoms with E-state index in [1.54, 1.807) is 17.0 Å². The maximum Gasteiger partial charge on any atom is 0.410 e. The second kappa shape index (κ2) is 8.46. The first-order chi connectivity index (χ1) is 12.6. The molecule has 8 heteroatoms. The molecule has 1 aliphatic rings. The van der Waals surface area contributed by atoms with Gasteiger partial charge in [-0.1, -0.05) is 6.92 Å². The number of nitrogens with zero attached hydrogens (tertiary/aromatic N) is 2. The van der Waals surface area contributed by atoms with Gasteiger partial charge in [0, 0.05) is 25.7 Å². The van der Waals surface area contributed by atoms with E-state index in [4.69, 9.17) is 9.47 Å². The van der Waals surface area contributed by atoms with Crippen molar-refractivity contribution in [1.29, 1.82) is 0 Å². The molecule has 1 heterocycles. The molecule has 0 unspecified atom stereocenters. The van der Waals surface area contributed by atoms with Gasteiger partial charge >= 0.3 is 12.1 Å². The lowest BCUT2D eigenvalue weighted by Gasteiger charge is -2.43. The molecule has 0 saturated carbocycles. The summed E-state index contributed by atoms with van der Waals surface area (Å²) in [6, 6.07) is 3.20. The molecule has 0 radical (unpaired) electrons. The van der Waals surface area contributed by atoms with Gasteiger partial charge in [0.1, 0.15) is 11.2 Å². The van der Waals surface area contributed by atoms with E-state index in [0.717, 1.165) is 6.42 Å². The van der Waals surface area contributed by atoms with E-state index in [9.17, 15) is 14.0 Å². The lowest BCUT2D eigenvalue weighted by atomic mass is 10.0. The third-order valence-electron chi connectivity index (χ3n) is 4.38. The van der Waals surface area contributed by atoms with Gasteiger partial charge in [0.05, 0.1) is 17.3 Å². The van der Waals surface area contributed by atoms with Crippen LogP contribution in [-0.2, 0) is 9.47 Å². The molecule has 150 valence electrons. The standard InChI is InChI=1S/C19H26BrFN2O4/c1-6-12-11-22(18(25)27-19(2,3)4)9-10-23(12)14-8-7-13(20)16(21)15(14)17(24)26-5/h7-8,12H,6,9-11H2,1-5H3/t12-/m1/s1. The number of halogens is 2. The van der Waals surface area contributed by atoms with Crippen molar-refractivity contribution in [1.82, 2.24) is 4.90 Å². The molecular formula is C19H26BrFN2O4. The largest absolute Gasteiger partial charge is 0.465 e. The lowest BCUT2D eigenvalue weighted by Crippen LogP contribution is -2.55. The number of methoxy groups -OCH3 is 1. The highest BCUT2D eigenvalue weighted by Gasteiger charge is 2.34. The summed E-state index contributed by atoms with van der Waals surface area (Å²) >= 11 is 3.12. The molecule has 27 heavy (non-hydrogen) atoms. The lowest BCUT2D eigenvalue weighted by molar-refractivity contribution is 0.0212. The van der Waals surface area contributed by atoms with Crippen LogP contribution in [0, 0.1) is 5.82 Å². The number of hydrogen-bond donors (Lipinski definition) is 0. The average molecular weight is 445 g/mol. The minimum atomic E-state index is -0.728. The highest BCUT2D eigenvalue weighted by atomic mass is 79.9. The molecule has 1 saturated heterocycles. The minimum Gasteiger partial charge on any atom is -0.465 e. The maximum atomic E-state index is 14.6. The Balaban J connectivity index is 2.30. The van der Waals surface area contributed by atoms with Gasteiger partial charge in [-0.25, -0.2) is 14.0 Å². The Kier molecular flexibility index (Phi) is 6.72. The third-order valence-corrected chi connectivity index (χ3v) is 4.99. The number of esters is 1. The molecule has 0 aliphatic carbocycles. The van der Waals surface area contributed by atoms with Crippen LogP contribution in [0.5, 0.6) is 0 Å². The van der Waals surface area contributed by atoms with E-state index in [1.807, 2.05) is 32.6 Å².